The molecule has 158 valence electrons. The summed E-state index contributed by atoms with van der Waals surface area (Å²) in [7, 11) is 0. The summed E-state index contributed by atoms with van der Waals surface area (Å²) >= 11 is 0.567. The van der Waals surface area contributed by atoms with Gasteiger partial charge in [-0.15, -0.1) is 11.3 Å². The van der Waals surface area contributed by atoms with Crippen molar-refractivity contribution in [3.63, 3.8) is 0 Å². The zero-order valence-corrected chi connectivity index (χ0v) is 16.6. The van der Waals surface area contributed by atoms with Crippen molar-refractivity contribution in [3.8, 4) is 23.0 Å². The van der Waals surface area contributed by atoms with Gasteiger partial charge in [0.15, 0.2) is 17.3 Å². The first-order valence-electron chi connectivity index (χ1n) is 9.25. The van der Waals surface area contributed by atoms with Gasteiger partial charge >= 0.3 is 6.18 Å². The second-order valence-corrected chi connectivity index (χ2v) is 7.68. The molecule has 1 aliphatic rings. The number of hydrogen-bond acceptors (Lipinski definition) is 8. The third kappa shape index (κ3) is 3.96. The van der Waals surface area contributed by atoms with Gasteiger partial charge in [0.25, 0.3) is 0 Å². The molecule has 1 aromatic carbocycles. The molecule has 11 heteroatoms. The first-order valence-corrected chi connectivity index (χ1v) is 10.1. The number of thiophene rings is 1. The van der Waals surface area contributed by atoms with E-state index in [9.17, 15) is 13.2 Å². The van der Waals surface area contributed by atoms with Crippen LogP contribution in [0.15, 0.2) is 42.9 Å². The highest BCUT2D eigenvalue weighted by molar-refractivity contribution is 7.18. The van der Waals surface area contributed by atoms with Gasteiger partial charge in [0.05, 0.1) is 11.6 Å². The van der Waals surface area contributed by atoms with Crippen LogP contribution in [0.25, 0.3) is 21.7 Å². The van der Waals surface area contributed by atoms with E-state index in [0.29, 0.717) is 53.7 Å². The Hall–Kier alpha value is -3.47. The summed E-state index contributed by atoms with van der Waals surface area (Å²) in [6, 6.07) is 6.56. The smallest absolute Gasteiger partial charge is 0.425 e. The molecule has 1 aliphatic heterocycles. The number of alkyl halides is 3. The van der Waals surface area contributed by atoms with Crippen LogP contribution >= 0.6 is 11.3 Å². The summed E-state index contributed by atoms with van der Waals surface area (Å²) in [6.07, 6.45) is -0.0358. The van der Waals surface area contributed by atoms with Crippen LogP contribution in [0.2, 0.25) is 0 Å². The van der Waals surface area contributed by atoms with Crippen LogP contribution in [-0.2, 0) is 12.7 Å². The lowest BCUT2D eigenvalue weighted by Crippen LogP contribution is -2.15. The van der Waals surface area contributed by atoms with Crippen molar-refractivity contribution in [2.45, 2.75) is 12.7 Å². The van der Waals surface area contributed by atoms with Gasteiger partial charge in [0, 0.05) is 18.9 Å². The molecule has 31 heavy (non-hydrogen) atoms. The van der Waals surface area contributed by atoms with Crippen molar-refractivity contribution < 1.29 is 22.6 Å². The van der Waals surface area contributed by atoms with E-state index < -0.39 is 11.1 Å². The molecule has 0 saturated carbocycles. The van der Waals surface area contributed by atoms with Crippen LogP contribution in [0, 0.1) is 0 Å². The number of nitrogens with zero attached hydrogens (tertiary/aromatic N) is 4. The average Bonchev–Trinajstić information content (AvgIpc) is 3.23. The monoisotopic (exact) mass is 445 g/mol. The lowest BCUT2D eigenvalue weighted by molar-refractivity contribution is -0.134. The molecule has 0 amide bonds. The highest BCUT2D eigenvalue weighted by Crippen LogP contribution is 2.40. The topological polar surface area (TPSA) is 82.0 Å². The van der Waals surface area contributed by atoms with Gasteiger partial charge in [0.1, 0.15) is 34.4 Å². The molecule has 0 spiro atoms. The van der Waals surface area contributed by atoms with E-state index in [-0.39, 0.29) is 16.5 Å². The Bertz CT molecular complexity index is 1250. The third-order valence-corrected chi connectivity index (χ3v) is 5.60. The largest absolute Gasteiger partial charge is 0.486 e. The standard InChI is InChI=1S/C20H14F3N5O2S/c21-20(22,23)16-8-12-17(26-9-11-1-2-14-15(7-11)30-6-5-29-14)27-18(28-19(12)31-16)13-10-24-3-4-25-13/h1-4,7-8,10H,5-6,9H2,(H,26,27,28). The number of fused-ring (bicyclic) bond motifs is 2. The van der Waals surface area contributed by atoms with Crippen LogP contribution < -0.4 is 14.8 Å². The summed E-state index contributed by atoms with van der Waals surface area (Å²) in [5.41, 5.74) is 1.23. The van der Waals surface area contributed by atoms with Crippen LogP contribution in [-0.4, -0.2) is 33.1 Å². The molecule has 7 nitrogen and oxygen atoms in total. The second kappa shape index (κ2) is 7.65. The third-order valence-electron chi connectivity index (χ3n) is 4.53. The minimum atomic E-state index is -4.47. The maximum atomic E-state index is 13.3. The van der Waals surface area contributed by atoms with Crippen molar-refractivity contribution in [3.05, 3.63) is 53.3 Å². The molecule has 4 aromatic rings. The van der Waals surface area contributed by atoms with Gasteiger partial charge in [-0.25, -0.2) is 15.0 Å². The van der Waals surface area contributed by atoms with Gasteiger partial charge in [-0.3, -0.25) is 4.98 Å². The van der Waals surface area contributed by atoms with Gasteiger partial charge in [-0.05, 0) is 23.8 Å². The zero-order valence-electron chi connectivity index (χ0n) is 15.8. The molecule has 0 unspecified atom stereocenters. The summed E-state index contributed by atoms with van der Waals surface area (Å²) in [5, 5.41) is 3.42. The van der Waals surface area contributed by atoms with E-state index in [1.54, 1.807) is 6.07 Å². The quantitative estimate of drug-likeness (QED) is 0.494. The lowest BCUT2D eigenvalue weighted by Gasteiger charge is -2.19. The number of hydrogen-bond donors (Lipinski definition) is 1. The van der Waals surface area contributed by atoms with E-state index in [4.69, 9.17) is 9.47 Å². The molecule has 5 rings (SSSR count). The predicted octanol–water partition coefficient (Wildman–Crippen LogP) is 4.55. The molecule has 0 saturated heterocycles. The first-order chi connectivity index (χ1) is 15.0. The normalized spacial score (nSPS) is 13.4. The number of aromatic nitrogens is 4. The van der Waals surface area contributed by atoms with Gasteiger partial charge in [0.2, 0.25) is 0 Å². The molecular formula is C20H14F3N5O2S. The number of ether oxygens (including phenoxy) is 2. The van der Waals surface area contributed by atoms with Crippen molar-refractivity contribution >= 4 is 27.4 Å². The van der Waals surface area contributed by atoms with Crippen molar-refractivity contribution in [1.29, 1.82) is 0 Å². The van der Waals surface area contributed by atoms with Crippen LogP contribution in [0.5, 0.6) is 11.5 Å². The molecule has 0 aliphatic carbocycles. The maximum Gasteiger partial charge on any atom is 0.425 e. The Kier molecular flexibility index (Phi) is 4.81. The minimum Gasteiger partial charge on any atom is -0.486 e. The number of nitrogens with one attached hydrogen (secondary N) is 1. The van der Waals surface area contributed by atoms with E-state index >= 15 is 0 Å². The Morgan fingerprint density at radius 3 is 2.65 bits per heavy atom. The predicted molar refractivity (Wildman–Crippen MR) is 108 cm³/mol. The molecule has 0 radical (unpaired) electrons. The Morgan fingerprint density at radius 2 is 1.87 bits per heavy atom. The summed E-state index contributed by atoms with van der Waals surface area (Å²) < 4.78 is 51.0. The Balaban J connectivity index is 1.52. The van der Waals surface area contributed by atoms with Crippen LogP contribution in [0.3, 0.4) is 0 Å². The molecular weight excluding hydrogens is 431 g/mol. The van der Waals surface area contributed by atoms with Crippen molar-refractivity contribution in [2.24, 2.45) is 0 Å². The zero-order chi connectivity index (χ0) is 21.4. The summed E-state index contributed by atoms with van der Waals surface area (Å²) in [5.74, 6) is 1.78. The van der Waals surface area contributed by atoms with Gasteiger partial charge in [-0.2, -0.15) is 13.2 Å². The van der Waals surface area contributed by atoms with Crippen LogP contribution in [0.1, 0.15) is 10.4 Å². The SMILES string of the molecule is FC(F)(F)c1cc2c(NCc3ccc4c(c3)OCCO4)nc(-c3cnccn3)nc2s1. The maximum absolute atomic E-state index is 13.3. The highest BCUT2D eigenvalue weighted by Gasteiger charge is 2.34. The van der Waals surface area contributed by atoms with E-state index in [1.165, 1.54) is 18.6 Å². The molecule has 0 fully saturated rings. The Morgan fingerprint density at radius 1 is 1.03 bits per heavy atom. The molecule has 3 aromatic heterocycles. The Labute approximate surface area is 177 Å². The molecule has 4 heterocycles. The average molecular weight is 445 g/mol. The molecule has 0 atom stereocenters. The number of benzene rings is 1. The van der Waals surface area contributed by atoms with E-state index in [2.05, 4.69) is 25.3 Å². The number of anilines is 1. The summed E-state index contributed by atoms with van der Waals surface area (Å²) in [6.45, 7) is 1.28. The van der Waals surface area contributed by atoms with Crippen LogP contribution in [0.4, 0.5) is 19.0 Å². The van der Waals surface area contributed by atoms with E-state index in [1.807, 2.05) is 12.1 Å². The van der Waals surface area contributed by atoms with Gasteiger partial charge < -0.3 is 14.8 Å². The van der Waals surface area contributed by atoms with Gasteiger partial charge in [-0.1, -0.05) is 6.07 Å². The fraction of sp³-hybridized carbons (Fsp3) is 0.200. The highest BCUT2D eigenvalue weighted by atomic mass is 32.1. The number of halogens is 3. The fourth-order valence-electron chi connectivity index (χ4n) is 3.11. The van der Waals surface area contributed by atoms with E-state index in [0.717, 1.165) is 11.6 Å². The van der Waals surface area contributed by atoms with Crippen molar-refractivity contribution in [1.82, 2.24) is 19.9 Å². The molecule has 1 N–H and O–H groups in total. The second-order valence-electron chi connectivity index (χ2n) is 6.65. The summed E-state index contributed by atoms with van der Waals surface area (Å²) in [4.78, 5) is 16.3. The number of rotatable bonds is 4. The molecule has 0 bridgehead atoms. The fourth-order valence-corrected chi connectivity index (χ4v) is 4.01. The minimum absolute atomic E-state index is 0.195. The lowest BCUT2D eigenvalue weighted by atomic mass is 10.2. The first kappa shape index (κ1) is 19.5. The van der Waals surface area contributed by atoms with Crippen molar-refractivity contribution in [2.75, 3.05) is 18.5 Å².